The van der Waals surface area contributed by atoms with Crippen molar-refractivity contribution in [3.63, 3.8) is 0 Å². The number of hydrogen-bond donors (Lipinski definition) is 1. The van der Waals surface area contributed by atoms with Gasteiger partial charge in [-0.3, -0.25) is 13.9 Å². The van der Waals surface area contributed by atoms with Crippen molar-refractivity contribution in [3.05, 3.63) is 64.2 Å². The molecule has 9 heteroatoms. The summed E-state index contributed by atoms with van der Waals surface area (Å²) in [6.07, 6.45) is 2.81. The zero-order valence-corrected chi connectivity index (χ0v) is 22.0. The molecule has 1 atom stereocenters. The van der Waals surface area contributed by atoms with Gasteiger partial charge < -0.3 is 10.2 Å². The van der Waals surface area contributed by atoms with Crippen LogP contribution >= 0.6 is 11.6 Å². The van der Waals surface area contributed by atoms with Crippen LogP contribution in [0.15, 0.2) is 42.5 Å². The Morgan fingerprint density at radius 2 is 1.74 bits per heavy atom. The molecule has 0 saturated carbocycles. The minimum atomic E-state index is -3.80. The highest BCUT2D eigenvalue weighted by atomic mass is 35.5. The number of anilines is 1. The number of benzene rings is 2. The van der Waals surface area contributed by atoms with Gasteiger partial charge in [0.05, 0.1) is 11.9 Å². The van der Waals surface area contributed by atoms with Crippen molar-refractivity contribution >= 4 is 39.1 Å². The highest BCUT2D eigenvalue weighted by Gasteiger charge is 2.30. The fraction of sp³-hybridized carbons (Fsp3) is 0.440. The highest BCUT2D eigenvalue weighted by molar-refractivity contribution is 7.92. The molecule has 34 heavy (non-hydrogen) atoms. The van der Waals surface area contributed by atoms with Crippen LogP contribution in [0.4, 0.5) is 5.69 Å². The predicted octanol–water partition coefficient (Wildman–Crippen LogP) is 4.06. The minimum absolute atomic E-state index is 0.174. The van der Waals surface area contributed by atoms with E-state index in [0.717, 1.165) is 34.5 Å². The second-order valence-corrected chi connectivity index (χ2v) is 10.8. The third-order valence-electron chi connectivity index (χ3n) is 5.66. The monoisotopic (exact) mass is 507 g/mol. The molecule has 0 fully saturated rings. The number of nitrogens with one attached hydrogen (secondary N) is 1. The van der Waals surface area contributed by atoms with Crippen LogP contribution < -0.4 is 9.62 Å². The summed E-state index contributed by atoms with van der Waals surface area (Å²) in [7, 11) is -3.80. The van der Waals surface area contributed by atoms with Gasteiger partial charge in [-0.2, -0.15) is 0 Å². The molecular weight excluding hydrogens is 474 g/mol. The zero-order valence-electron chi connectivity index (χ0n) is 20.5. The maximum atomic E-state index is 13.5. The van der Waals surface area contributed by atoms with Crippen molar-refractivity contribution in [1.82, 2.24) is 10.2 Å². The van der Waals surface area contributed by atoms with Gasteiger partial charge >= 0.3 is 0 Å². The van der Waals surface area contributed by atoms with Gasteiger partial charge in [0, 0.05) is 18.1 Å². The van der Waals surface area contributed by atoms with Gasteiger partial charge in [0.25, 0.3) is 0 Å². The summed E-state index contributed by atoms with van der Waals surface area (Å²) in [6.45, 7) is 7.60. The normalized spacial score (nSPS) is 12.2. The first kappa shape index (κ1) is 27.7. The molecule has 2 aromatic rings. The van der Waals surface area contributed by atoms with E-state index in [2.05, 4.69) is 5.32 Å². The van der Waals surface area contributed by atoms with Crippen LogP contribution in [-0.2, 0) is 26.2 Å². The van der Waals surface area contributed by atoms with Gasteiger partial charge in [0.2, 0.25) is 21.8 Å². The quantitative estimate of drug-likeness (QED) is 0.465. The molecule has 0 aromatic heterocycles. The van der Waals surface area contributed by atoms with E-state index in [1.807, 2.05) is 38.1 Å². The molecule has 0 bridgehead atoms. The molecule has 0 heterocycles. The number of rotatable bonds is 11. The fourth-order valence-electron chi connectivity index (χ4n) is 3.47. The van der Waals surface area contributed by atoms with Crippen molar-refractivity contribution in [2.75, 3.05) is 23.7 Å². The lowest BCUT2D eigenvalue weighted by molar-refractivity contribution is -0.139. The lowest BCUT2D eigenvalue weighted by atomic mass is 10.1. The Kier molecular flexibility index (Phi) is 9.94. The Hall–Kier alpha value is -2.58. The molecule has 7 nitrogen and oxygen atoms in total. The van der Waals surface area contributed by atoms with E-state index in [4.69, 9.17) is 11.6 Å². The molecule has 0 aliphatic carbocycles. The Bertz CT molecular complexity index is 1100. The smallest absolute Gasteiger partial charge is 0.244 e. The highest BCUT2D eigenvalue weighted by Crippen LogP contribution is 2.28. The van der Waals surface area contributed by atoms with Crippen molar-refractivity contribution in [2.24, 2.45) is 0 Å². The third-order valence-corrected chi connectivity index (χ3v) is 7.19. The lowest BCUT2D eigenvalue weighted by Crippen LogP contribution is -2.51. The predicted molar refractivity (Wildman–Crippen MR) is 137 cm³/mol. The Morgan fingerprint density at radius 1 is 1.09 bits per heavy atom. The van der Waals surface area contributed by atoms with Crippen LogP contribution in [0, 0.1) is 13.8 Å². The summed E-state index contributed by atoms with van der Waals surface area (Å²) in [5.41, 5.74) is 2.81. The van der Waals surface area contributed by atoms with Crippen LogP contribution in [0.2, 0.25) is 5.02 Å². The molecular formula is C25H34ClN3O4S. The summed E-state index contributed by atoms with van der Waals surface area (Å²) in [6, 6.07) is 11.8. The van der Waals surface area contributed by atoms with E-state index < -0.39 is 28.5 Å². The Labute approximate surface area is 208 Å². The maximum Gasteiger partial charge on any atom is 0.244 e. The largest absolute Gasteiger partial charge is 0.354 e. The fourth-order valence-corrected chi connectivity index (χ4v) is 4.54. The number of amides is 2. The third kappa shape index (κ3) is 7.46. The number of nitrogens with zero attached hydrogens (tertiary/aromatic N) is 2. The van der Waals surface area contributed by atoms with Gasteiger partial charge in [-0.15, -0.1) is 0 Å². The second-order valence-electron chi connectivity index (χ2n) is 8.48. The molecule has 1 N–H and O–H groups in total. The summed E-state index contributed by atoms with van der Waals surface area (Å²) in [5.74, 6) is -0.762. The topological polar surface area (TPSA) is 86.8 Å². The summed E-state index contributed by atoms with van der Waals surface area (Å²) in [4.78, 5) is 27.7. The first-order valence-corrected chi connectivity index (χ1v) is 13.5. The van der Waals surface area contributed by atoms with Gasteiger partial charge in [-0.25, -0.2) is 8.42 Å². The van der Waals surface area contributed by atoms with E-state index in [-0.39, 0.29) is 12.5 Å². The SMILES string of the molecule is CCCCNC(=O)[C@H](C)N(Cc1ccc(C)cc1)C(=O)CN(c1cccc(Cl)c1C)S(C)(=O)=O. The summed E-state index contributed by atoms with van der Waals surface area (Å²) < 4.78 is 26.4. The van der Waals surface area contributed by atoms with Crippen molar-refractivity contribution in [2.45, 2.75) is 53.1 Å². The molecule has 0 aliphatic heterocycles. The van der Waals surface area contributed by atoms with Gasteiger partial charge in [-0.1, -0.05) is 60.8 Å². The molecule has 186 valence electrons. The van der Waals surface area contributed by atoms with Crippen molar-refractivity contribution in [3.8, 4) is 0 Å². The molecule has 2 aromatic carbocycles. The van der Waals surface area contributed by atoms with Gasteiger partial charge in [-0.05, 0) is 50.5 Å². The van der Waals surface area contributed by atoms with E-state index >= 15 is 0 Å². The average Bonchev–Trinajstić information content (AvgIpc) is 2.78. The van der Waals surface area contributed by atoms with Crippen molar-refractivity contribution < 1.29 is 18.0 Å². The number of carbonyl (C=O) groups excluding carboxylic acids is 2. The van der Waals surface area contributed by atoms with Gasteiger partial charge in [0.1, 0.15) is 12.6 Å². The van der Waals surface area contributed by atoms with Crippen molar-refractivity contribution in [1.29, 1.82) is 0 Å². The van der Waals surface area contributed by atoms with E-state index in [0.29, 0.717) is 22.8 Å². The number of sulfonamides is 1. The Balaban J connectivity index is 2.38. The molecule has 2 amide bonds. The summed E-state index contributed by atoms with van der Waals surface area (Å²) >= 11 is 6.21. The van der Waals surface area contributed by atoms with E-state index in [1.54, 1.807) is 32.0 Å². The zero-order chi connectivity index (χ0) is 25.5. The van der Waals surface area contributed by atoms with Crippen LogP contribution in [0.1, 0.15) is 43.4 Å². The maximum absolute atomic E-state index is 13.5. The standard InChI is InChI=1S/C25H34ClN3O4S/c1-6-7-15-27-25(31)20(4)28(16-21-13-11-18(2)12-14-21)24(30)17-29(34(5,32)33)23-10-8-9-22(26)19(23)3/h8-14,20H,6-7,15-17H2,1-5H3,(H,27,31)/t20-/m0/s1. The number of halogens is 1. The number of unbranched alkanes of at least 4 members (excludes halogenated alkanes) is 1. The first-order valence-electron chi connectivity index (χ1n) is 11.3. The number of carbonyl (C=O) groups is 2. The Morgan fingerprint density at radius 3 is 2.32 bits per heavy atom. The second kappa shape index (κ2) is 12.2. The molecule has 0 radical (unpaired) electrons. The van der Waals surface area contributed by atoms with Crippen LogP contribution in [0.5, 0.6) is 0 Å². The number of aryl methyl sites for hydroxylation is 1. The first-order chi connectivity index (χ1) is 16.0. The molecule has 0 aliphatic rings. The van der Waals surface area contributed by atoms with E-state index in [9.17, 15) is 18.0 Å². The van der Waals surface area contributed by atoms with Crippen LogP contribution in [-0.4, -0.2) is 50.5 Å². The minimum Gasteiger partial charge on any atom is -0.354 e. The molecule has 0 spiro atoms. The van der Waals surface area contributed by atoms with Crippen LogP contribution in [0.3, 0.4) is 0 Å². The van der Waals surface area contributed by atoms with Gasteiger partial charge in [0.15, 0.2) is 0 Å². The van der Waals surface area contributed by atoms with E-state index in [1.165, 1.54) is 4.90 Å². The molecule has 2 rings (SSSR count). The molecule has 0 unspecified atom stereocenters. The van der Waals surface area contributed by atoms with Crippen LogP contribution in [0.25, 0.3) is 0 Å². The average molecular weight is 508 g/mol. The summed E-state index contributed by atoms with van der Waals surface area (Å²) in [5, 5.41) is 3.26. The molecule has 0 saturated heterocycles. The number of hydrogen-bond acceptors (Lipinski definition) is 4. The lowest BCUT2D eigenvalue weighted by Gasteiger charge is -2.32.